The molecule has 0 unspecified atom stereocenters. The smallest absolute Gasteiger partial charge is 0.250 e. The van der Waals surface area contributed by atoms with Gasteiger partial charge in [0.25, 0.3) is 0 Å². The predicted molar refractivity (Wildman–Crippen MR) is 72.0 cm³/mol. The summed E-state index contributed by atoms with van der Waals surface area (Å²) in [6, 6.07) is 5.21. The van der Waals surface area contributed by atoms with E-state index in [1.54, 1.807) is 12.1 Å². The van der Waals surface area contributed by atoms with E-state index in [0.29, 0.717) is 16.5 Å². The van der Waals surface area contributed by atoms with Crippen LogP contribution in [0.15, 0.2) is 18.2 Å². The number of carbonyl (C=O) groups excluding carboxylic acids is 1. The van der Waals surface area contributed by atoms with Gasteiger partial charge in [0.1, 0.15) is 0 Å². The second-order valence-corrected chi connectivity index (χ2v) is 4.90. The maximum atomic E-state index is 11.0. The molecule has 0 saturated carbocycles. The van der Waals surface area contributed by atoms with Crippen molar-refractivity contribution in [2.75, 3.05) is 25.1 Å². The number of primary amides is 1. The van der Waals surface area contributed by atoms with Crippen LogP contribution in [0.1, 0.15) is 23.2 Å². The first kappa shape index (κ1) is 13.2. The van der Waals surface area contributed by atoms with Crippen molar-refractivity contribution in [3.05, 3.63) is 28.8 Å². The maximum Gasteiger partial charge on any atom is 0.250 e. The number of benzene rings is 1. The SMILES string of the molecule is NC(=O)c1ccc(NCC2CCOCC2)cc1Cl. The van der Waals surface area contributed by atoms with Crippen LogP contribution in [0.5, 0.6) is 0 Å². The van der Waals surface area contributed by atoms with Crippen LogP contribution in [0.25, 0.3) is 0 Å². The average Bonchev–Trinajstić information content (AvgIpc) is 2.37. The topological polar surface area (TPSA) is 64.4 Å². The van der Waals surface area contributed by atoms with Crippen LogP contribution >= 0.6 is 11.6 Å². The molecule has 1 amide bonds. The molecule has 0 atom stereocenters. The first-order valence-corrected chi connectivity index (χ1v) is 6.45. The molecule has 0 spiro atoms. The minimum Gasteiger partial charge on any atom is -0.385 e. The maximum absolute atomic E-state index is 11.0. The van der Waals surface area contributed by atoms with Crippen molar-refractivity contribution >= 4 is 23.2 Å². The quantitative estimate of drug-likeness (QED) is 0.881. The van der Waals surface area contributed by atoms with Crippen molar-refractivity contribution in [2.24, 2.45) is 11.7 Å². The highest BCUT2D eigenvalue weighted by molar-refractivity contribution is 6.34. The van der Waals surface area contributed by atoms with E-state index in [4.69, 9.17) is 22.1 Å². The summed E-state index contributed by atoms with van der Waals surface area (Å²) < 4.78 is 5.31. The molecule has 18 heavy (non-hydrogen) atoms. The molecule has 1 fully saturated rings. The molecule has 0 aromatic heterocycles. The molecular formula is C13H17ClN2O2. The van der Waals surface area contributed by atoms with Crippen LogP contribution in [0, 0.1) is 5.92 Å². The molecule has 98 valence electrons. The van der Waals surface area contributed by atoms with Gasteiger partial charge in [-0.3, -0.25) is 4.79 Å². The molecule has 0 aliphatic carbocycles. The Bertz CT molecular complexity index is 431. The number of ether oxygens (including phenoxy) is 1. The third-order valence-electron chi connectivity index (χ3n) is 3.17. The molecule has 3 N–H and O–H groups in total. The number of hydrogen-bond donors (Lipinski definition) is 2. The van der Waals surface area contributed by atoms with Crippen LogP contribution in [0.3, 0.4) is 0 Å². The normalized spacial score (nSPS) is 16.5. The van der Waals surface area contributed by atoms with Gasteiger partial charge in [0.05, 0.1) is 10.6 Å². The summed E-state index contributed by atoms with van der Waals surface area (Å²) in [5.41, 5.74) is 6.47. The minimum atomic E-state index is -0.504. The fraction of sp³-hybridized carbons (Fsp3) is 0.462. The molecule has 1 saturated heterocycles. The van der Waals surface area contributed by atoms with Gasteiger partial charge in [-0.25, -0.2) is 0 Å². The molecule has 1 aliphatic heterocycles. The molecule has 0 bridgehead atoms. The van der Waals surface area contributed by atoms with Crippen LogP contribution in [-0.4, -0.2) is 25.7 Å². The van der Waals surface area contributed by atoms with Gasteiger partial charge >= 0.3 is 0 Å². The zero-order valence-corrected chi connectivity index (χ0v) is 10.9. The summed E-state index contributed by atoms with van der Waals surface area (Å²) in [5, 5.41) is 3.72. The fourth-order valence-corrected chi connectivity index (χ4v) is 2.31. The molecule has 1 aliphatic rings. The molecule has 0 radical (unpaired) electrons. The van der Waals surface area contributed by atoms with Crippen LogP contribution in [0.4, 0.5) is 5.69 Å². The Morgan fingerprint density at radius 1 is 1.44 bits per heavy atom. The van der Waals surface area contributed by atoms with E-state index in [0.717, 1.165) is 38.3 Å². The predicted octanol–water partition coefficient (Wildman–Crippen LogP) is 2.28. The summed E-state index contributed by atoms with van der Waals surface area (Å²) in [5.74, 6) is 0.129. The zero-order chi connectivity index (χ0) is 13.0. The van der Waals surface area contributed by atoms with Crippen LogP contribution < -0.4 is 11.1 Å². The van der Waals surface area contributed by atoms with Gasteiger partial charge < -0.3 is 15.8 Å². The summed E-state index contributed by atoms with van der Waals surface area (Å²) >= 11 is 5.99. The number of carbonyl (C=O) groups is 1. The lowest BCUT2D eigenvalue weighted by Gasteiger charge is -2.22. The highest BCUT2D eigenvalue weighted by atomic mass is 35.5. The molecule has 1 heterocycles. The van der Waals surface area contributed by atoms with E-state index in [2.05, 4.69) is 5.32 Å². The lowest BCUT2D eigenvalue weighted by molar-refractivity contribution is 0.0699. The van der Waals surface area contributed by atoms with Gasteiger partial charge in [-0.2, -0.15) is 0 Å². The molecule has 1 aromatic rings. The number of anilines is 1. The van der Waals surface area contributed by atoms with E-state index in [1.807, 2.05) is 6.07 Å². The van der Waals surface area contributed by atoms with E-state index < -0.39 is 5.91 Å². The Kier molecular flexibility index (Phi) is 4.44. The number of hydrogen-bond acceptors (Lipinski definition) is 3. The largest absolute Gasteiger partial charge is 0.385 e. The third-order valence-corrected chi connectivity index (χ3v) is 3.48. The Labute approximate surface area is 111 Å². The van der Waals surface area contributed by atoms with Gasteiger partial charge in [-0.05, 0) is 37.0 Å². The van der Waals surface area contributed by atoms with E-state index in [-0.39, 0.29) is 0 Å². The van der Waals surface area contributed by atoms with Gasteiger partial charge in [0.15, 0.2) is 0 Å². The van der Waals surface area contributed by atoms with Crippen molar-refractivity contribution < 1.29 is 9.53 Å². The fourth-order valence-electron chi connectivity index (χ4n) is 2.04. The van der Waals surface area contributed by atoms with Gasteiger partial charge in [-0.15, -0.1) is 0 Å². The van der Waals surface area contributed by atoms with Crippen LogP contribution in [-0.2, 0) is 4.74 Å². The highest BCUT2D eigenvalue weighted by Gasteiger charge is 2.13. The number of rotatable bonds is 4. The summed E-state index contributed by atoms with van der Waals surface area (Å²) in [4.78, 5) is 11.0. The molecule has 4 nitrogen and oxygen atoms in total. The van der Waals surface area contributed by atoms with Crippen molar-refractivity contribution in [1.82, 2.24) is 0 Å². The molecule has 5 heteroatoms. The number of halogens is 1. The lowest BCUT2D eigenvalue weighted by atomic mass is 10.0. The zero-order valence-electron chi connectivity index (χ0n) is 10.1. The highest BCUT2D eigenvalue weighted by Crippen LogP contribution is 2.22. The number of nitrogens with one attached hydrogen (secondary N) is 1. The minimum absolute atomic E-state index is 0.355. The van der Waals surface area contributed by atoms with Gasteiger partial charge in [0.2, 0.25) is 5.91 Å². The van der Waals surface area contributed by atoms with Crippen molar-refractivity contribution in [3.8, 4) is 0 Å². The van der Waals surface area contributed by atoms with Crippen molar-refractivity contribution in [2.45, 2.75) is 12.8 Å². The van der Waals surface area contributed by atoms with E-state index >= 15 is 0 Å². The lowest BCUT2D eigenvalue weighted by Crippen LogP contribution is -2.22. The Hall–Kier alpha value is -1.26. The monoisotopic (exact) mass is 268 g/mol. The van der Waals surface area contributed by atoms with Crippen molar-refractivity contribution in [3.63, 3.8) is 0 Å². The van der Waals surface area contributed by atoms with Crippen LogP contribution in [0.2, 0.25) is 5.02 Å². The Balaban J connectivity index is 1.93. The standard InChI is InChI=1S/C13H17ClN2O2/c14-12-7-10(1-2-11(12)13(15)17)16-8-9-3-5-18-6-4-9/h1-2,7,9,16H,3-6,8H2,(H2,15,17). The average molecular weight is 269 g/mol. The summed E-state index contributed by atoms with van der Waals surface area (Å²) in [6.07, 6.45) is 2.17. The Morgan fingerprint density at radius 3 is 2.78 bits per heavy atom. The second-order valence-electron chi connectivity index (χ2n) is 4.50. The first-order chi connectivity index (χ1) is 8.66. The Morgan fingerprint density at radius 2 is 2.17 bits per heavy atom. The summed E-state index contributed by atoms with van der Waals surface area (Å²) in [6.45, 7) is 2.58. The van der Waals surface area contributed by atoms with Crippen molar-refractivity contribution in [1.29, 1.82) is 0 Å². The third kappa shape index (κ3) is 3.37. The second kappa shape index (κ2) is 6.07. The number of amides is 1. The molecule has 1 aromatic carbocycles. The van der Waals surface area contributed by atoms with Gasteiger partial charge in [0, 0.05) is 25.4 Å². The summed E-state index contributed by atoms with van der Waals surface area (Å²) in [7, 11) is 0. The van der Waals surface area contributed by atoms with Gasteiger partial charge in [-0.1, -0.05) is 11.6 Å². The van der Waals surface area contributed by atoms with E-state index in [9.17, 15) is 4.79 Å². The molecular weight excluding hydrogens is 252 g/mol. The van der Waals surface area contributed by atoms with E-state index in [1.165, 1.54) is 0 Å². The molecule has 2 rings (SSSR count). The number of nitrogens with two attached hydrogens (primary N) is 1. The first-order valence-electron chi connectivity index (χ1n) is 6.08.